The van der Waals surface area contributed by atoms with E-state index in [4.69, 9.17) is 5.73 Å². The van der Waals surface area contributed by atoms with Gasteiger partial charge in [-0.3, -0.25) is 14.4 Å². The fourth-order valence-electron chi connectivity index (χ4n) is 4.21. The first-order valence-corrected chi connectivity index (χ1v) is 11.2. The minimum absolute atomic E-state index is 0.00133. The molecule has 0 atom stereocenters. The molecule has 7 nitrogen and oxygen atoms in total. The number of aliphatic hydroxyl groups excluding tert-OH is 1. The number of aryl methyl sites for hydroxylation is 1. The van der Waals surface area contributed by atoms with Crippen LogP contribution in [0.2, 0.25) is 0 Å². The molecule has 0 aromatic heterocycles. The second-order valence-electron chi connectivity index (χ2n) is 8.54. The molecule has 4 N–H and O–H groups in total. The van der Waals surface area contributed by atoms with Crippen molar-refractivity contribution in [1.29, 1.82) is 0 Å². The van der Waals surface area contributed by atoms with Crippen LogP contribution in [-0.4, -0.2) is 46.9 Å². The Kier molecular flexibility index (Phi) is 8.24. The van der Waals surface area contributed by atoms with E-state index in [1.807, 2.05) is 36.4 Å². The van der Waals surface area contributed by atoms with Gasteiger partial charge in [0, 0.05) is 6.04 Å². The maximum absolute atomic E-state index is 12.4. The largest absolute Gasteiger partial charge is 0.503 e. The highest BCUT2D eigenvalue weighted by molar-refractivity contribution is 6.07. The number of hydrogen-bond acceptors (Lipinski definition) is 4. The number of hydrogen-bond donors (Lipinski definition) is 3. The van der Waals surface area contributed by atoms with Crippen LogP contribution in [0.3, 0.4) is 0 Å². The van der Waals surface area contributed by atoms with Crippen molar-refractivity contribution < 1.29 is 19.5 Å². The molecule has 33 heavy (non-hydrogen) atoms. The normalized spacial score (nSPS) is 20.2. The van der Waals surface area contributed by atoms with Gasteiger partial charge in [-0.25, -0.2) is 0 Å². The van der Waals surface area contributed by atoms with E-state index in [9.17, 15) is 19.5 Å². The zero-order valence-corrected chi connectivity index (χ0v) is 18.9. The van der Waals surface area contributed by atoms with E-state index in [2.05, 4.69) is 36.5 Å². The number of benzene rings is 2. The monoisotopic (exact) mass is 449 g/mol. The van der Waals surface area contributed by atoms with E-state index >= 15 is 0 Å². The number of aliphatic hydroxyl groups is 1. The molecule has 0 saturated heterocycles. The molecule has 1 heterocycles. The van der Waals surface area contributed by atoms with Gasteiger partial charge in [-0.15, -0.1) is 0 Å². The molecule has 0 radical (unpaired) electrons. The van der Waals surface area contributed by atoms with E-state index in [0.29, 0.717) is 5.92 Å². The van der Waals surface area contributed by atoms with Crippen LogP contribution in [0.4, 0.5) is 0 Å². The summed E-state index contributed by atoms with van der Waals surface area (Å²) in [5.74, 6) is -1.97. The lowest BCUT2D eigenvalue weighted by atomic mass is 9.82. The molecule has 174 valence electrons. The van der Waals surface area contributed by atoms with Crippen molar-refractivity contribution in [2.24, 2.45) is 5.73 Å². The van der Waals surface area contributed by atoms with Gasteiger partial charge in [0.25, 0.3) is 11.8 Å². The van der Waals surface area contributed by atoms with Crippen LogP contribution in [-0.2, 0) is 14.4 Å². The summed E-state index contributed by atoms with van der Waals surface area (Å²) in [4.78, 5) is 36.4. The fourth-order valence-corrected chi connectivity index (χ4v) is 4.21. The van der Waals surface area contributed by atoms with E-state index in [-0.39, 0.29) is 24.7 Å². The number of nitrogens with zero attached hydrogens (tertiary/aromatic N) is 1. The Labute approximate surface area is 194 Å². The van der Waals surface area contributed by atoms with Gasteiger partial charge in [0.2, 0.25) is 5.91 Å². The van der Waals surface area contributed by atoms with Crippen molar-refractivity contribution in [3.8, 4) is 0 Å². The minimum Gasteiger partial charge on any atom is -0.503 e. The molecule has 7 heteroatoms. The Morgan fingerprint density at radius 2 is 1.58 bits per heavy atom. The number of carbonyl (C=O) groups is 3. The second kappa shape index (κ2) is 11.3. The first-order valence-electron chi connectivity index (χ1n) is 11.2. The van der Waals surface area contributed by atoms with Gasteiger partial charge in [-0.05, 0) is 44.1 Å². The summed E-state index contributed by atoms with van der Waals surface area (Å²) in [6.07, 6.45) is 3.65. The summed E-state index contributed by atoms with van der Waals surface area (Å²) < 4.78 is 0. The molecule has 3 amide bonds. The zero-order valence-electron chi connectivity index (χ0n) is 18.9. The number of nitrogens with one attached hydrogen (secondary N) is 1. The summed E-state index contributed by atoms with van der Waals surface area (Å²) in [6, 6.07) is 20.6. The van der Waals surface area contributed by atoms with E-state index in [0.717, 1.165) is 30.6 Å². The van der Waals surface area contributed by atoms with Crippen molar-refractivity contribution >= 4 is 17.7 Å². The van der Waals surface area contributed by atoms with Crippen LogP contribution in [0.25, 0.3) is 0 Å². The molecule has 2 aromatic carbocycles. The SMILES string of the molecule is Cc1ccccc1.NC(=O)CN1CC(C(=O)NC2CCC(c3ccccc3)CC2)=C(O)C1=O. The lowest BCUT2D eigenvalue weighted by molar-refractivity contribution is -0.132. The van der Waals surface area contributed by atoms with Crippen molar-refractivity contribution in [3.05, 3.63) is 83.1 Å². The van der Waals surface area contributed by atoms with Crippen LogP contribution in [0.5, 0.6) is 0 Å². The molecule has 4 rings (SSSR count). The Hall–Kier alpha value is -3.61. The standard InChI is InChI=1S/C19H23N3O4.C7H8/c20-16(23)11-22-10-15(17(24)19(22)26)18(25)21-14-8-6-13(7-9-14)12-4-2-1-3-5-12;1-7-5-3-2-4-6-7/h1-5,13-14,24H,6-11H2,(H2,20,23)(H,21,25);2-6H,1H3. The molecule has 0 bridgehead atoms. The highest BCUT2D eigenvalue weighted by Crippen LogP contribution is 2.33. The van der Waals surface area contributed by atoms with E-state index in [1.54, 1.807) is 0 Å². The second-order valence-corrected chi connectivity index (χ2v) is 8.54. The fraction of sp³-hybridized carbons (Fsp3) is 0.346. The summed E-state index contributed by atoms with van der Waals surface area (Å²) >= 11 is 0. The molecule has 1 aliphatic heterocycles. The first kappa shape index (κ1) is 24.0. The quantitative estimate of drug-likeness (QED) is 0.651. The highest BCUT2D eigenvalue weighted by atomic mass is 16.3. The van der Waals surface area contributed by atoms with Gasteiger partial charge in [-0.2, -0.15) is 0 Å². The van der Waals surface area contributed by atoms with Crippen LogP contribution in [0.15, 0.2) is 72.0 Å². The Bertz CT molecular complexity index is 997. The third kappa shape index (κ3) is 6.68. The van der Waals surface area contributed by atoms with Crippen molar-refractivity contribution in [2.45, 2.75) is 44.6 Å². The van der Waals surface area contributed by atoms with Gasteiger partial charge in [0.05, 0.1) is 12.1 Å². The van der Waals surface area contributed by atoms with Crippen LogP contribution in [0.1, 0.15) is 42.7 Å². The van der Waals surface area contributed by atoms with Crippen molar-refractivity contribution in [3.63, 3.8) is 0 Å². The summed E-state index contributed by atoms with van der Waals surface area (Å²) in [6.45, 7) is 1.67. The maximum Gasteiger partial charge on any atom is 0.290 e. The minimum atomic E-state index is -0.735. The molecule has 1 saturated carbocycles. The van der Waals surface area contributed by atoms with Crippen LogP contribution < -0.4 is 11.1 Å². The van der Waals surface area contributed by atoms with Gasteiger partial charge in [-0.1, -0.05) is 66.2 Å². The number of amides is 3. The van der Waals surface area contributed by atoms with E-state index < -0.39 is 23.5 Å². The molecular formula is C26H31N3O4. The Morgan fingerprint density at radius 3 is 2.09 bits per heavy atom. The summed E-state index contributed by atoms with van der Waals surface area (Å²) in [7, 11) is 0. The number of carbonyl (C=O) groups excluding carboxylic acids is 3. The topological polar surface area (TPSA) is 113 Å². The van der Waals surface area contributed by atoms with Gasteiger partial charge in [0.15, 0.2) is 5.76 Å². The Morgan fingerprint density at radius 1 is 1.00 bits per heavy atom. The summed E-state index contributed by atoms with van der Waals surface area (Å²) in [5, 5.41) is 12.8. The zero-order chi connectivity index (χ0) is 23.8. The Balaban J connectivity index is 0.000000374. The number of primary amides is 1. The molecular weight excluding hydrogens is 418 g/mol. The lowest BCUT2D eigenvalue weighted by Crippen LogP contribution is -2.40. The highest BCUT2D eigenvalue weighted by Gasteiger charge is 2.35. The third-order valence-corrected chi connectivity index (χ3v) is 6.02. The predicted octanol–water partition coefficient (Wildman–Crippen LogP) is 2.96. The van der Waals surface area contributed by atoms with Gasteiger partial charge in [0.1, 0.15) is 6.54 Å². The molecule has 1 aliphatic carbocycles. The van der Waals surface area contributed by atoms with Crippen LogP contribution in [0, 0.1) is 6.92 Å². The number of rotatable bonds is 5. The van der Waals surface area contributed by atoms with Gasteiger partial charge < -0.3 is 21.1 Å². The van der Waals surface area contributed by atoms with Crippen molar-refractivity contribution in [2.75, 3.05) is 13.1 Å². The number of nitrogens with two attached hydrogens (primary N) is 1. The average Bonchev–Trinajstić information content (AvgIpc) is 3.09. The third-order valence-electron chi connectivity index (χ3n) is 6.02. The maximum atomic E-state index is 12.4. The van der Waals surface area contributed by atoms with Gasteiger partial charge >= 0.3 is 0 Å². The first-order chi connectivity index (χ1) is 15.8. The molecule has 1 fully saturated rings. The smallest absolute Gasteiger partial charge is 0.290 e. The van der Waals surface area contributed by atoms with E-state index in [1.165, 1.54) is 11.1 Å². The lowest BCUT2D eigenvalue weighted by Gasteiger charge is -2.29. The molecule has 2 aliphatic rings. The average molecular weight is 450 g/mol. The molecule has 2 aromatic rings. The molecule has 0 unspecified atom stereocenters. The van der Waals surface area contributed by atoms with Crippen molar-refractivity contribution in [1.82, 2.24) is 10.2 Å². The predicted molar refractivity (Wildman–Crippen MR) is 126 cm³/mol. The molecule has 0 spiro atoms. The van der Waals surface area contributed by atoms with Crippen LogP contribution >= 0.6 is 0 Å². The summed E-state index contributed by atoms with van der Waals surface area (Å²) in [5.41, 5.74) is 7.72.